The molecule has 0 aliphatic rings. The van der Waals surface area contributed by atoms with Crippen molar-refractivity contribution < 1.29 is 4.79 Å². The number of nitrogens with one attached hydrogen (secondary N) is 1. The minimum absolute atomic E-state index is 0.150. The third-order valence-corrected chi connectivity index (χ3v) is 5.09. The number of carbonyl (C=O) groups is 1. The van der Waals surface area contributed by atoms with E-state index in [1.54, 1.807) is 16.8 Å². The Balaban J connectivity index is 1.63. The van der Waals surface area contributed by atoms with Crippen molar-refractivity contribution in [1.29, 1.82) is 0 Å². The van der Waals surface area contributed by atoms with Crippen LogP contribution in [0.3, 0.4) is 0 Å². The van der Waals surface area contributed by atoms with Gasteiger partial charge in [0.05, 0.1) is 23.9 Å². The van der Waals surface area contributed by atoms with Gasteiger partial charge in [0.25, 0.3) is 0 Å². The topological polar surface area (TPSA) is 55.1 Å². The van der Waals surface area contributed by atoms with Gasteiger partial charge in [-0.2, -0.15) is 5.10 Å². The van der Waals surface area contributed by atoms with Gasteiger partial charge in [0.15, 0.2) is 4.77 Å². The number of para-hydroxylation sites is 1. The minimum Gasteiger partial charge on any atom is -0.324 e. The van der Waals surface area contributed by atoms with Crippen LogP contribution in [0, 0.1) is 4.77 Å². The zero-order valence-corrected chi connectivity index (χ0v) is 17.4. The smallest absolute Gasteiger partial charge is 0.238 e. The lowest BCUT2D eigenvalue weighted by Crippen LogP contribution is -2.32. The highest BCUT2D eigenvalue weighted by atomic mass is 35.5. The van der Waals surface area contributed by atoms with Gasteiger partial charge in [-0.3, -0.25) is 9.69 Å². The van der Waals surface area contributed by atoms with Crippen molar-refractivity contribution in [2.75, 3.05) is 18.9 Å². The summed E-state index contributed by atoms with van der Waals surface area (Å²) in [5.74, 6) is 0.729. The molecule has 0 unspecified atom stereocenters. The lowest BCUT2D eigenvalue weighted by atomic mass is 10.1. The molecular formula is C20H22ClN5OS. The molecule has 0 atom stereocenters. The molecule has 8 heteroatoms. The summed E-state index contributed by atoms with van der Waals surface area (Å²) in [4.78, 5) is 14.1. The molecule has 3 aromatic rings. The molecule has 1 amide bonds. The zero-order valence-electron chi connectivity index (χ0n) is 15.8. The van der Waals surface area contributed by atoms with Crippen LogP contribution in [0.25, 0.3) is 0 Å². The quantitative estimate of drug-likeness (QED) is 0.597. The van der Waals surface area contributed by atoms with Gasteiger partial charge in [-0.1, -0.05) is 54.1 Å². The van der Waals surface area contributed by atoms with Crippen LogP contribution in [0.4, 0.5) is 5.69 Å². The third kappa shape index (κ3) is 5.07. The highest BCUT2D eigenvalue weighted by molar-refractivity contribution is 7.71. The Kier molecular flexibility index (Phi) is 6.61. The number of hydrogen-bond donors (Lipinski definition) is 1. The van der Waals surface area contributed by atoms with Crippen molar-refractivity contribution in [2.45, 2.75) is 13.1 Å². The van der Waals surface area contributed by atoms with Gasteiger partial charge in [0.2, 0.25) is 5.91 Å². The molecule has 0 radical (unpaired) electrons. The fourth-order valence-electron chi connectivity index (χ4n) is 2.83. The maximum Gasteiger partial charge on any atom is 0.238 e. The van der Waals surface area contributed by atoms with Crippen molar-refractivity contribution in [3.05, 3.63) is 75.8 Å². The van der Waals surface area contributed by atoms with Crippen LogP contribution < -0.4 is 5.32 Å². The first-order chi connectivity index (χ1) is 13.4. The Labute approximate surface area is 174 Å². The van der Waals surface area contributed by atoms with E-state index < -0.39 is 0 Å². The molecule has 146 valence electrons. The summed E-state index contributed by atoms with van der Waals surface area (Å²) >= 11 is 11.6. The minimum atomic E-state index is -0.150. The molecule has 6 nitrogen and oxygen atoms in total. The SMILES string of the molecule is CN(CC(=O)Nc1ccccc1Cl)Cn1nc(Cc2ccccc2)n(C)c1=S. The van der Waals surface area contributed by atoms with E-state index >= 15 is 0 Å². The normalized spacial score (nSPS) is 11.0. The second-order valence-corrected chi connectivity index (χ2v) is 7.38. The first-order valence-corrected chi connectivity index (χ1v) is 9.62. The Bertz CT molecular complexity index is 1010. The highest BCUT2D eigenvalue weighted by Gasteiger charge is 2.13. The fourth-order valence-corrected chi connectivity index (χ4v) is 3.22. The van der Waals surface area contributed by atoms with Crippen LogP contribution in [0.15, 0.2) is 54.6 Å². The van der Waals surface area contributed by atoms with E-state index in [0.29, 0.717) is 28.6 Å². The number of amides is 1. The van der Waals surface area contributed by atoms with Gasteiger partial charge in [0, 0.05) is 13.5 Å². The van der Waals surface area contributed by atoms with Crippen LogP contribution in [-0.2, 0) is 24.9 Å². The second-order valence-electron chi connectivity index (χ2n) is 6.60. The van der Waals surface area contributed by atoms with Crippen molar-refractivity contribution in [3.8, 4) is 0 Å². The number of rotatable bonds is 7. The van der Waals surface area contributed by atoms with Gasteiger partial charge in [-0.25, -0.2) is 4.68 Å². The summed E-state index contributed by atoms with van der Waals surface area (Å²) in [6.45, 7) is 0.606. The molecule has 0 spiro atoms. The van der Waals surface area contributed by atoms with E-state index in [2.05, 4.69) is 22.5 Å². The summed E-state index contributed by atoms with van der Waals surface area (Å²) in [5, 5.41) is 7.96. The predicted molar refractivity (Wildman–Crippen MR) is 114 cm³/mol. The average molecular weight is 416 g/mol. The van der Waals surface area contributed by atoms with Crippen LogP contribution in [0.5, 0.6) is 0 Å². The largest absolute Gasteiger partial charge is 0.324 e. The van der Waals surface area contributed by atoms with Crippen molar-refractivity contribution in [1.82, 2.24) is 19.2 Å². The lowest BCUT2D eigenvalue weighted by Gasteiger charge is -2.16. The maximum atomic E-state index is 12.3. The number of anilines is 1. The van der Waals surface area contributed by atoms with E-state index in [1.807, 2.05) is 53.9 Å². The van der Waals surface area contributed by atoms with E-state index in [1.165, 1.54) is 5.56 Å². The van der Waals surface area contributed by atoms with Crippen LogP contribution in [0.1, 0.15) is 11.4 Å². The van der Waals surface area contributed by atoms with Crippen molar-refractivity contribution in [2.24, 2.45) is 7.05 Å². The fraction of sp³-hybridized carbons (Fsp3) is 0.250. The Morgan fingerprint density at radius 1 is 1.18 bits per heavy atom. The van der Waals surface area contributed by atoms with Crippen LogP contribution in [-0.4, -0.2) is 38.7 Å². The van der Waals surface area contributed by atoms with Crippen LogP contribution in [0.2, 0.25) is 5.02 Å². The molecule has 1 N–H and O–H groups in total. The van der Waals surface area contributed by atoms with Gasteiger partial charge in [-0.15, -0.1) is 0 Å². The van der Waals surface area contributed by atoms with Gasteiger partial charge < -0.3 is 9.88 Å². The van der Waals surface area contributed by atoms with Crippen molar-refractivity contribution in [3.63, 3.8) is 0 Å². The number of likely N-dealkylation sites (N-methyl/N-ethyl adjacent to an activating group) is 1. The summed E-state index contributed by atoms with van der Waals surface area (Å²) in [6, 6.07) is 17.3. The zero-order chi connectivity index (χ0) is 20.1. The number of carbonyl (C=O) groups excluding carboxylic acids is 1. The second kappa shape index (κ2) is 9.14. The van der Waals surface area contributed by atoms with E-state index in [4.69, 9.17) is 23.8 Å². The maximum absolute atomic E-state index is 12.3. The molecule has 0 fully saturated rings. The lowest BCUT2D eigenvalue weighted by molar-refractivity contribution is -0.117. The van der Waals surface area contributed by atoms with Crippen LogP contribution >= 0.6 is 23.8 Å². The Morgan fingerprint density at radius 3 is 2.57 bits per heavy atom. The van der Waals surface area contributed by atoms with E-state index in [-0.39, 0.29) is 12.5 Å². The third-order valence-electron chi connectivity index (χ3n) is 4.27. The average Bonchev–Trinajstić information content (AvgIpc) is 2.92. The number of hydrogen-bond acceptors (Lipinski definition) is 4. The predicted octanol–water partition coefficient (Wildman–Crippen LogP) is 3.72. The molecule has 0 aliphatic carbocycles. The molecule has 2 aromatic carbocycles. The molecule has 28 heavy (non-hydrogen) atoms. The van der Waals surface area contributed by atoms with Gasteiger partial charge in [-0.05, 0) is 37.0 Å². The highest BCUT2D eigenvalue weighted by Crippen LogP contribution is 2.20. The molecule has 1 heterocycles. The molecule has 0 saturated heterocycles. The van der Waals surface area contributed by atoms with Gasteiger partial charge in [0.1, 0.15) is 5.82 Å². The van der Waals surface area contributed by atoms with E-state index in [0.717, 1.165) is 5.82 Å². The first kappa shape index (κ1) is 20.3. The number of halogens is 1. The molecular weight excluding hydrogens is 394 g/mol. The summed E-state index contributed by atoms with van der Waals surface area (Å²) in [5.41, 5.74) is 1.77. The monoisotopic (exact) mass is 415 g/mol. The Hall–Kier alpha value is -2.48. The molecule has 1 aromatic heterocycles. The number of benzene rings is 2. The Morgan fingerprint density at radius 2 is 1.86 bits per heavy atom. The molecule has 0 saturated carbocycles. The van der Waals surface area contributed by atoms with Crippen molar-refractivity contribution >= 4 is 35.4 Å². The van der Waals surface area contributed by atoms with Gasteiger partial charge >= 0.3 is 0 Å². The number of aromatic nitrogens is 3. The summed E-state index contributed by atoms with van der Waals surface area (Å²) in [6.07, 6.45) is 0.699. The summed E-state index contributed by atoms with van der Waals surface area (Å²) in [7, 11) is 3.76. The van der Waals surface area contributed by atoms with E-state index in [9.17, 15) is 4.79 Å². The molecule has 3 rings (SSSR count). The summed E-state index contributed by atoms with van der Waals surface area (Å²) < 4.78 is 4.25. The molecule has 0 bridgehead atoms. The molecule has 0 aliphatic heterocycles. The first-order valence-electron chi connectivity index (χ1n) is 8.83. The number of nitrogens with zero attached hydrogens (tertiary/aromatic N) is 4. The standard InChI is InChI=1S/C20H22ClN5OS/c1-24(13-19(27)22-17-11-7-6-10-16(17)21)14-26-20(28)25(2)18(23-26)12-15-8-4-3-5-9-15/h3-11H,12-14H2,1-2H3,(H,22,27).